The number of hydrogen-bond acceptors (Lipinski definition) is 4. The summed E-state index contributed by atoms with van der Waals surface area (Å²) in [6, 6.07) is 21.1. The second-order valence-electron chi connectivity index (χ2n) is 8.24. The Morgan fingerprint density at radius 1 is 1.00 bits per heavy atom. The summed E-state index contributed by atoms with van der Waals surface area (Å²) >= 11 is 7.59. The fourth-order valence-electron chi connectivity index (χ4n) is 3.61. The van der Waals surface area contributed by atoms with Crippen molar-refractivity contribution in [3.05, 3.63) is 88.4 Å². The number of anilines is 2. The normalized spacial score (nSPS) is 11.3. The molecule has 3 aromatic rings. The van der Waals surface area contributed by atoms with Crippen LogP contribution >= 0.6 is 23.4 Å². The number of thioether (sulfide) groups is 1. The lowest BCUT2D eigenvalue weighted by molar-refractivity contribution is -0.116. The molecule has 0 saturated carbocycles. The van der Waals surface area contributed by atoms with Gasteiger partial charge in [-0.25, -0.2) is 8.42 Å². The van der Waals surface area contributed by atoms with Gasteiger partial charge >= 0.3 is 0 Å². The minimum Gasteiger partial charge on any atom is -0.325 e. The van der Waals surface area contributed by atoms with Gasteiger partial charge in [0.15, 0.2) is 0 Å². The lowest BCUT2D eigenvalue weighted by Crippen LogP contribution is -2.31. The zero-order valence-corrected chi connectivity index (χ0v) is 21.9. The summed E-state index contributed by atoms with van der Waals surface area (Å²) in [5.41, 5.74) is 4.51. The predicted molar refractivity (Wildman–Crippen MR) is 143 cm³/mol. The van der Waals surface area contributed by atoms with Crippen LogP contribution < -0.4 is 9.62 Å². The number of amides is 1. The van der Waals surface area contributed by atoms with Crippen LogP contribution in [0.4, 0.5) is 11.4 Å². The van der Waals surface area contributed by atoms with Crippen LogP contribution in [0.3, 0.4) is 0 Å². The molecule has 0 spiro atoms. The molecule has 0 aliphatic carbocycles. The van der Waals surface area contributed by atoms with E-state index in [1.807, 2.05) is 80.6 Å². The minimum absolute atomic E-state index is 0.145. The third-order valence-electron chi connectivity index (χ3n) is 5.13. The van der Waals surface area contributed by atoms with Crippen molar-refractivity contribution in [2.24, 2.45) is 0 Å². The van der Waals surface area contributed by atoms with Crippen molar-refractivity contribution in [1.82, 2.24) is 0 Å². The van der Waals surface area contributed by atoms with Crippen LogP contribution in [0, 0.1) is 13.8 Å². The first-order chi connectivity index (χ1) is 16.1. The molecular weight excluding hydrogens is 488 g/mol. The molecule has 0 unspecified atom stereocenters. The first kappa shape index (κ1) is 26.1. The number of rotatable bonds is 10. The lowest BCUT2D eigenvalue weighted by Gasteiger charge is -2.23. The molecule has 1 N–H and O–H groups in total. The van der Waals surface area contributed by atoms with Gasteiger partial charge in [-0.15, -0.1) is 11.8 Å². The zero-order valence-electron chi connectivity index (χ0n) is 19.5. The maximum atomic E-state index is 12.6. The third kappa shape index (κ3) is 7.79. The minimum atomic E-state index is -3.46. The van der Waals surface area contributed by atoms with Gasteiger partial charge in [0, 0.05) is 28.6 Å². The Balaban J connectivity index is 1.59. The molecule has 5 nitrogen and oxygen atoms in total. The predicted octanol–water partition coefficient (Wildman–Crippen LogP) is 6.43. The zero-order chi connectivity index (χ0) is 24.7. The smallest absolute Gasteiger partial charge is 0.232 e. The maximum absolute atomic E-state index is 12.6. The quantitative estimate of drug-likeness (QED) is 0.315. The summed E-state index contributed by atoms with van der Waals surface area (Å²) in [6.45, 7) is 4.11. The number of para-hydroxylation sites is 1. The Kier molecular flexibility index (Phi) is 9.05. The van der Waals surface area contributed by atoms with Crippen molar-refractivity contribution in [1.29, 1.82) is 0 Å². The second kappa shape index (κ2) is 11.8. The number of nitrogens with zero attached hydrogens (tertiary/aromatic N) is 1. The molecule has 0 aliphatic rings. The van der Waals surface area contributed by atoms with Gasteiger partial charge in [0.2, 0.25) is 15.9 Å². The number of carbonyl (C=O) groups excluding carboxylic acids is 1. The number of carbonyl (C=O) groups is 1. The Hall–Kier alpha value is -2.48. The van der Waals surface area contributed by atoms with Crippen molar-refractivity contribution in [3.63, 3.8) is 0 Å². The van der Waals surface area contributed by atoms with Crippen molar-refractivity contribution >= 4 is 50.7 Å². The van der Waals surface area contributed by atoms with Crippen LogP contribution in [0.15, 0.2) is 71.6 Å². The van der Waals surface area contributed by atoms with E-state index in [4.69, 9.17) is 11.6 Å². The van der Waals surface area contributed by atoms with Crippen LogP contribution in [0.1, 0.15) is 29.5 Å². The van der Waals surface area contributed by atoms with Gasteiger partial charge in [-0.05, 0) is 73.4 Å². The number of aryl methyl sites for hydroxylation is 2. The van der Waals surface area contributed by atoms with Gasteiger partial charge in [0.05, 0.1) is 17.6 Å². The summed E-state index contributed by atoms with van der Waals surface area (Å²) in [5, 5.41) is 3.68. The molecule has 1 amide bonds. The van der Waals surface area contributed by atoms with Crippen LogP contribution in [0.2, 0.25) is 5.02 Å². The second-order valence-corrected chi connectivity index (χ2v) is 11.6. The van der Waals surface area contributed by atoms with Crippen LogP contribution in [-0.4, -0.2) is 27.1 Å². The molecule has 3 rings (SSSR count). The molecular formula is C26H29ClN2O3S2. The fraction of sp³-hybridized carbons (Fsp3) is 0.269. The van der Waals surface area contributed by atoms with Crippen molar-refractivity contribution in [2.45, 2.75) is 37.3 Å². The van der Waals surface area contributed by atoms with Gasteiger partial charge < -0.3 is 5.32 Å². The highest BCUT2D eigenvalue weighted by Gasteiger charge is 2.18. The highest BCUT2D eigenvalue weighted by molar-refractivity contribution is 7.98. The molecule has 0 bridgehead atoms. The number of benzene rings is 3. The molecule has 0 fully saturated rings. The maximum Gasteiger partial charge on any atom is 0.232 e. The molecule has 0 atom stereocenters. The fourth-order valence-corrected chi connectivity index (χ4v) is 5.65. The Bertz CT molecular complexity index is 1220. The van der Waals surface area contributed by atoms with E-state index in [9.17, 15) is 13.2 Å². The summed E-state index contributed by atoms with van der Waals surface area (Å²) in [5.74, 6) is 0.608. The molecule has 180 valence electrons. The van der Waals surface area contributed by atoms with E-state index in [0.717, 1.165) is 33.0 Å². The lowest BCUT2D eigenvalue weighted by atomic mass is 10.1. The Morgan fingerprint density at radius 2 is 1.65 bits per heavy atom. The largest absolute Gasteiger partial charge is 0.325 e. The summed E-state index contributed by atoms with van der Waals surface area (Å²) < 4.78 is 26.1. The van der Waals surface area contributed by atoms with E-state index in [1.165, 1.54) is 10.6 Å². The Labute approximate surface area is 211 Å². The first-order valence-corrected chi connectivity index (χ1v) is 14.1. The SMILES string of the molecule is Cc1cc(C)cc(N(CCCC(=O)Nc2ccccc2SCc2ccc(Cl)cc2)S(C)(=O)=O)c1. The van der Waals surface area contributed by atoms with Crippen LogP contribution in [-0.2, 0) is 20.6 Å². The molecule has 0 aliphatic heterocycles. The van der Waals surface area contributed by atoms with Gasteiger partial charge in [0.1, 0.15) is 0 Å². The van der Waals surface area contributed by atoms with E-state index in [-0.39, 0.29) is 18.9 Å². The van der Waals surface area contributed by atoms with Gasteiger partial charge in [-0.3, -0.25) is 9.10 Å². The van der Waals surface area contributed by atoms with Crippen LogP contribution in [0.25, 0.3) is 0 Å². The van der Waals surface area contributed by atoms with Crippen molar-refractivity contribution in [2.75, 3.05) is 22.4 Å². The monoisotopic (exact) mass is 516 g/mol. The van der Waals surface area contributed by atoms with Crippen LogP contribution in [0.5, 0.6) is 0 Å². The van der Waals surface area contributed by atoms with E-state index >= 15 is 0 Å². The average molecular weight is 517 g/mol. The van der Waals surface area contributed by atoms with Gasteiger partial charge in [0.25, 0.3) is 0 Å². The molecule has 3 aromatic carbocycles. The first-order valence-electron chi connectivity index (χ1n) is 10.9. The van der Waals surface area contributed by atoms with Gasteiger partial charge in [-0.2, -0.15) is 0 Å². The van der Waals surface area contributed by atoms with E-state index < -0.39 is 10.0 Å². The van der Waals surface area contributed by atoms with E-state index in [2.05, 4.69) is 5.32 Å². The number of nitrogens with one attached hydrogen (secondary N) is 1. The highest BCUT2D eigenvalue weighted by atomic mass is 35.5. The number of halogens is 1. The highest BCUT2D eigenvalue weighted by Crippen LogP contribution is 2.30. The summed E-state index contributed by atoms with van der Waals surface area (Å²) in [7, 11) is -3.46. The number of sulfonamides is 1. The standard InChI is InChI=1S/C26H29ClN2O3S2/c1-19-15-20(2)17-23(16-19)29(34(3,31)32)14-6-9-26(30)28-24-7-4-5-8-25(24)33-18-21-10-12-22(27)13-11-21/h4-5,7-8,10-13,15-17H,6,9,14,18H2,1-3H3,(H,28,30). The summed E-state index contributed by atoms with van der Waals surface area (Å²) in [6.07, 6.45) is 1.82. The molecule has 34 heavy (non-hydrogen) atoms. The molecule has 0 aromatic heterocycles. The molecule has 0 saturated heterocycles. The van der Waals surface area contributed by atoms with E-state index in [1.54, 1.807) is 11.8 Å². The number of hydrogen-bond donors (Lipinski definition) is 1. The Morgan fingerprint density at radius 3 is 2.29 bits per heavy atom. The molecule has 8 heteroatoms. The average Bonchev–Trinajstić information content (AvgIpc) is 2.75. The summed E-state index contributed by atoms with van der Waals surface area (Å²) in [4.78, 5) is 13.6. The third-order valence-corrected chi connectivity index (χ3v) is 7.72. The molecule has 0 radical (unpaired) electrons. The topological polar surface area (TPSA) is 66.5 Å². The van der Waals surface area contributed by atoms with E-state index in [0.29, 0.717) is 17.1 Å². The van der Waals surface area contributed by atoms with Crippen molar-refractivity contribution < 1.29 is 13.2 Å². The van der Waals surface area contributed by atoms with Crippen molar-refractivity contribution in [3.8, 4) is 0 Å². The molecule has 0 heterocycles. The van der Waals surface area contributed by atoms with Gasteiger partial charge in [-0.1, -0.05) is 41.9 Å².